The maximum atomic E-state index is 12.6. The van der Waals surface area contributed by atoms with E-state index in [0.717, 1.165) is 0 Å². The minimum atomic E-state index is -2.84. The molecule has 0 N–H and O–H groups in total. The highest BCUT2D eigenvalue weighted by Gasteiger charge is 2.20. The van der Waals surface area contributed by atoms with Crippen LogP contribution in [0.5, 0.6) is 0 Å². The van der Waals surface area contributed by atoms with Crippen molar-refractivity contribution in [2.45, 2.75) is 12.8 Å². The molecule has 3 nitrogen and oxygen atoms in total. The zero-order valence-electron chi connectivity index (χ0n) is 7.34. The molecule has 0 bridgehead atoms. The topological polar surface area (TPSA) is 60.5 Å². The van der Waals surface area contributed by atoms with Gasteiger partial charge in [0.15, 0.2) is 5.69 Å². The number of halogens is 3. The third-order valence-electron chi connectivity index (χ3n) is 1.71. The Balaban J connectivity index is 3.43. The number of alkyl halides is 2. The van der Waals surface area contributed by atoms with Crippen molar-refractivity contribution in [2.75, 3.05) is 0 Å². The molecule has 1 rings (SSSR count). The molecule has 1 heterocycles. The van der Waals surface area contributed by atoms with E-state index in [1.165, 1.54) is 12.1 Å². The van der Waals surface area contributed by atoms with Gasteiger partial charge in [-0.15, -0.1) is 0 Å². The van der Waals surface area contributed by atoms with Crippen molar-refractivity contribution in [3.05, 3.63) is 28.0 Å². The molecule has 0 fully saturated rings. The molecular weight excluding hydrogens is 224 g/mol. The van der Waals surface area contributed by atoms with Gasteiger partial charge in [-0.1, -0.05) is 11.6 Å². The molecule has 0 spiro atoms. The highest BCUT2D eigenvalue weighted by molar-refractivity contribution is 6.29. The Bertz CT molecular complexity index is 460. The first-order chi connectivity index (χ1) is 7.10. The van der Waals surface area contributed by atoms with Crippen molar-refractivity contribution in [1.29, 1.82) is 10.5 Å². The van der Waals surface area contributed by atoms with Gasteiger partial charge in [0.2, 0.25) is 0 Å². The average molecular weight is 228 g/mol. The third kappa shape index (κ3) is 2.39. The third-order valence-corrected chi connectivity index (χ3v) is 1.90. The number of pyridine rings is 1. The van der Waals surface area contributed by atoms with Crippen molar-refractivity contribution in [1.82, 2.24) is 4.98 Å². The predicted molar refractivity (Wildman–Crippen MR) is 48.2 cm³/mol. The van der Waals surface area contributed by atoms with Crippen molar-refractivity contribution in [3.8, 4) is 12.1 Å². The number of hydrogen-bond donors (Lipinski definition) is 0. The van der Waals surface area contributed by atoms with Gasteiger partial charge in [-0.2, -0.15) is 10.5 Å². The van der Waals surface area contributed by atoms with Crippen molar-refractivity contribution >= 4 is 11.6 Å². The van der Waals surface area contributed by atoms with E-state index < -0.39 is 17.7 Å². The minimum absolute atomic E-state index is 0.0454. The fourth-order valence-corrected chi connectivity index (χ4v) is 1.35. The quantitative estimate of drug-likeness (QED) is 0.730. The summed E-state index contributed by atoms with van der Waals surface area (Å²) in [5.74, 6) is 0. The first kappa shape index (κ1) is 11.4. The van der Waals surface area contributed by atoms with Crippen LogP contribution in [0.3, 0.4) is 0 Å². The second-order valence-electron chi connectivity index (χ2n) is 2.61. The van der Waals surface area contributed by atoms with Crippen LogP contribution >= 0.6 is 11.6 Å². The van der Waals surface area contributed by atoms with Crippen LogP contribution in [0.1, 0.15) is 23.2 Å². The molecule has 0 aliphatic heterocycles. The molecule has 0 radical (unpaired) electrons. The van der Waals surface area contributed by atoms with Crippen molar-refractivity contribution in [3.63, 3.8) is 0 Å². The van der Waals surface area contributed by atoms with E-state index in [9.17, 15) is 8.78 Å². The molecule has 0 atom stereocenters. The monoisotopic (exact) mass is 227 g/mol. The molecule has 1 aromatic rings. The Morgan fingerprint density at radius 1 is 1.47 bits per heavy atom. The van der Waals surface area contributed by atoms with E-state index in [-0.39, 0.29) is 17.1 Å². The summed E-state index contributed by atoms with van der Waals surface area (Å²) >= 11 is 5.52. The number of hydrogen-bond acceptors (Lipinski definition) is 3. The molecule has 1 aromatic heterocycles. The lowest BCUT2D eigenvalue weighted by molar-refractivity contribution is 0.149. The molecule has 0 aliphatic rings. The van der Waals surface area contributed by atoms with Crippen molar-refractivity contribution < 1.29 is 8.78 Å². The summed E-state index contributed by atoms with van der Waals surface area (Å²) in [6.45, 7) is 0. The van der Waals surface area contributed by atoms with Crippen LogP contribution in [0, 0.1) is 22.7 Å². The van der Waals surface area contributed by atoms with Crippen LogP contribution in [0.15, 0.2) is 6.07 Å². The normalized spacial score (nSPS) is 9.73. The minimum Gasteiger partial charge on any atom is -0.225 e. The van der Waals surface area contributed by atoms with E-state index in [1.807, 2.05) is 0 Å². The molecule has 0 unspecified atom stereocenters. The molecule has 0 aliphatic carbocycles. The smallest absolute Gasteiger partial charge is 0.225 e. The zero-order chi connectivity index (χ0) is 11.4. The lowest BCUT2D eigenvalue weighted by Gasteiger charge is -2.07. The highest BCUT2D eigenvalue weighted by Crippen LogP contribution is 2.27. The predicted octanol–water partition coefficient (Wildman–Crippen LogP) is 2.61. The van der Waals surface area contributed by atoms with Gasteiger partial charge in [0.05, 0.1) is 18.1 Å². The van der Waals surface area contributed by atoms with Gasteiger partial charge in [-0.3, -0.25) is 0 Å². The number of nitrogens with zero attached hydrogens (tertiary/aromatic N) is 3. The number of nitriles is 2. The SMILES string of the molecule is N#CCc1cc(Cl)nc(C#N)c1C(F)F. The molecule has 0 amide bonds. The van der Waals surface area contributed by atoms with E-state index >= 15 is 0 Å². The molecule has 0 saturated carbocycles. The Morgan fingerprint density at radius 2 is 2.13 bits per heavy atom. The molecular formula is C9H4ClF2N3. The second-order valence-corrected chi connectivity index (χ2v) is 3.00. The zero-order valence-corrected chi connectivity index (χ0v) is 8.09. The van der Waals surface area contributed by atoms with Crippen LogP contribution < -0.4 is 0 Å². The molecule has 15 heavy (non-hydrogen) atoms. The number of rotatable bonds is 2. The standard InChI is InChI=1S/C9H4ClF2N3/c10-7-3-5(1-2-13)8(9(11)12)6(4-14)15-7/h3,9H,1H2. The summed E-state index contributed by atoms with van der Waals surface area (Å²) in [4.78, 5) is 3.47. The Hall–Kier alpha value is -1.72. The van der Waals surface area contributed by atoms with Crippen LogP contribution in [0.2, 0.25) is 5.15 Å². The summed E-state index contributed by atoms with van der Waals surface area (Å²) in [7, 11) is 0. The molecule has 0 saturated heterocycles. The summed E-state index contributed by atoms with van der Waals surface area (Å²) in [5, 5.41) is 17.0. The molecule has 76 valence electrons. The van der Waals surface area contributed by atoms with E-state index in [0.29, 0.717) is 0 Å². The van der Waals surface area contributed by atoms with Crippen LogP contribution in [-0.4, -0.2) is 4.98 Å². The Morgan fingerprint density at radius 3 is 2.60 bits per heavy atom. The molecule has 6 heteroatoms. The van der Waals surface area contributed by atoms with E-state index in [1.54, 1.807) is 6.07 Å². The highest BCUT2D eigenvalue weighted by atomic mass is 35.5. The lowest BCUT2D eigenvalue weighted by atomic mass is 10.1. The van der Waals surface area contributed by atoms with Crippen LogP contribution in [0.25, 0.3) is 0 Å². The lowest BCUT2D eigenvalue weighted by Crippen LogP contribution is -2.01. The first-order valence-electron chi connectivity index (χ1n) is 3.84. The van der Waals surface area contributed by atoms with Gasteiger partial charge >= 0.3 is 0 Å². The maximum absolute atomic E-state index is 12.6. The second kappa shape index (κ2) is 4.68. The summed E-state index contributed by atoms with van der Waals surface area (Å²) in [6.07, 6.45) is -3.07. The first-order valence-corrected chi connectivity index (χ1v) is 4.22. The summed E-state index contributed by atoms with van der Waals surface area (Å²) in [6, 6.07) is 4.43. The average Bonchev–Trinajstić information content (AvgIpc) is 2.16. The summed E-state index contributed by atoms with van der Waals surface area (Å²) in [5.41, 5.74) is -0.893. The van der Waals surface area contributed by atoms with Gasteiger partial charge in [0.1, 0.15) is 11.2 Å². The fourth-order valence-electron chi connectivity index (χ4n) is 1.13. The van der Waals surface area contributed by atoms with E-state index in [2.05, 4.69) is 4.98 Å². The van der Waals surface area contributed by atoms with Gasteiger partial charge in [-0.05, 0) is 11.6 Å². The van der Waals surface area contributed by atoms with Gasteiger partial charge in [0.25, 0.3) is 6.43 Å². The molecule has 0 aromatic carbocycles. The number of aromatic nitrogens is 1. The Labute approximate surface area is 89.5 Å². The largest absolute Gasteiger partial charge is 0.266 e. The summed E-state index contributed by atoms with van der Waals surface area (Å²) < 4.78 is 25.2. The Kier molecular flexibility index (Phi) is 3.54. The van der Waals surface area contributed by atoms with Crippen LogP contribution in [0.4, 0.5) is 8.78 Å². The van der Waals surface area contributed by atoms with Gasteiger partial charge < -0.3 is 0 Å². The van der Waals surface area contributed by atoms with Gasteiger partial charge in [-0.25, -0.2) is 13.8 Å². The van der Waals surface area contributed by atoms with Gasteiger partial charge in [0, 0.05) is 0 Å². The van der Waals surface area contributed by atoms with E-state index in [4.69, 9.17) is 22.1 Å². The maximum Gasteiger partial charge on any atom is 0.266 e. The fraction of sp³-hybridized carbons (Fsp3) is 0.222. The van der Waals surface area contributed by atoms with Crippen molar-refractivity contribution in [2.24, 2.45) is 0 Å². The van der Waals surface area contributed by atoms with Crippen LogP contribution in [-0.2, 0) is 6.42 Å².